The molecule has 2 N–H and O–H groups in total. The van der Waals surface area contributed by atoms with Crippen LogP contribution < -0.4 is 10.6 Å². The monoisotopic (exact) mass is 373 g/mol. The molecule has 0 fully saturated rings. The van der Waals surface area contributed by atoms with Crippen molar-refractivity contribution in [3.63, 3.8) is 0 Å². The number of amides is 1. The molecule has 0 aliphatic rings. The molecule has 0 bridgehead atoms. The van der Waals surface area contributed by atoms with Gasteiger partial charge in [0, 0.05) is 17.8 Å². The van der Waals surface area contributed by atoms with Crippen LogP contribution in [-0.2, 0) is 11.0 Å². The molecular weight excluding hydrogens is 363 g/mol. The first-order chi connectivity index (χ1) is 11.7. The Morgan fingerprint density at radius 2 is 1.92 bits per heavy atom. The number of nitro groups is 1. The zero-order valence-corrected chi connectivity index (χ0v) is 13.2. The van der Waals surface area contributed by atoms with Crippen molar-refractivity contribution in [3.8, 4) is 0 Å². The maximum Gasteiger partial charge on any atom is 0.416 e. The molecule has 0 aliphatic heterocycles. The van der Waals surface area contributed by atoms with Crippen LogP contribution in [0, 0.1) is 10.1 Å². The third kappa shape index (κ3) is 5.08. The van der Waals surface area contributed by atoms with Crippen molar-refractivity contribution < 1.29 is 22.9 Å². The number of rotatable bonds is 5. The van der Waals surface area contributed by atoms with E-state index in [1.165, 1.54) is 24.3 Å². The number of nitrogens with zero attached hydrogens (tertiary/aromatic N) is 1. The molecule has 2 aromatic carbocycles. The van der Waals surface area contributed by atoms with E-state index in [0.717, 1.165) is 18.2 Å². The number of carbonyl (C=O) groups is 1. The van der Waals surface area contributed by atoms with Gasteiger partial charge in [0.25, 0.3) is 5.69 Å². The second kappa shape index (κ2) is 7.39. The van der Waals surface area contributed by atoms with Crippen molar-refractivity contribution in [2.75, 3.05) is 17.2 Å². The van der Waals surface area contributed by atoms with Gasteiger partial charge in [-0.25, -0.2) is 0 Å². The number of anilines is 2. The lowest BCUT2D eigenvalue weighted by Gasteiger charge is -2.12. The Hall–Kier alpha value is -2.81. The van der Waals surface area contributed by atoms with Crippen LogP contribution >= 0.6 is 11.6 Å². The zero-order chi connectivity index (χ0) is 18.6. The van der Waals surface area contributed by atoms with Crippen molar-refractivity contribution in [2.24, 2.45) is 0 Å². The van der Waals surface area contributed by atoms with Gasteiger partial charge >= 0.3 is 6.18 Å². The SMILES string of the molecule is O=C(CNc1cccc([N+](=O)[O-])c1)Nc1cc(C(F)(F)F)ccc1Cl. The lowest BCUT2D eigenvalue weighted by Crippen LogP contribution is -2.22. The van der Waals surface area contributed by atoms with Crippen LogP contribution in [0.3, 0.4) is 0 Å². The summed E-state index contributed by atoms with van der Waals surface area (Å²) in [5.74, 6) is -0.660. The van der Waals surface area contributed by atoms with Crippen LogP contribution in [0.15, 0.2) is 42.5 Å². The molecule has 0 aliphatic carbocycles. The second-order valence-corrected chi connectivity index (χ2v) is 5.31. The van der Waals surface area contributed by atoms with Gasteiger partial charge in [0.05, 0.1) is 27.7 Å². The first-order valence-corrected chi connectivity index (χ1v) is 7.19. The minimum absolute atomic E-state index is 0.0447. The number of nitrogens with one attached hydrogen (secondary N) is 2. The number of hydrogen-bond acceptors (Lipinski definition) is 4. The molecule has 0 saturated carbocycles. The van der Waals surface area contributed by atoms with Crippen LogP contribution in [0.4, 0.5) is 30.2 Å². The van der Waals surface area contributed by atoms with Gasteiger partial charge in [-0.3, -0.25) is 14.9 Å². The summed E-state index contributed by atoms with van der Waals surface area (Å²) in [6, 6.07) is 8.03. The van der Waals surface area contributed by atoms with Gasteiger partial charge in [0.15, 0.2) is 0 Å². The average Bonchev–Trinajstić information content (AvgIpc) is 2.54. The second-order valence-electron chi connectivity index (χ2n) is 4.90. The fourth-order valence-electron chi connectivity index (χ4n) is 1.90. The van der Waals surface area contributed by atoms with E-state index in [1.807, 2.05) is 0 Å². The van der Waals surface area contributed by atoms with Gasteiger partial charge in [-0.1, -0.05) is 17.7 Å². The molecule has 0 aromatic heterocycles. The normalized spacial score (nSPS) is 11.0. The van der Waals surface area contributed by atoms with Crippen molar-refractivity contribution in [3.05, 3.63) is 63.2 Å². The van der Waals surface area contributed by atoms with E-state index in [2.05, 4.69) is 10.6 Å². The Balaban J connectivity index is 2.03. The van der Waals surface area contributed by atoms with Crippen LogP contribution in [0.25, 0.3) is 0 Å². The molecular formula is C15H11ClF3N3O3. The summed E-state index contributed by atoms with van der Waals surface area (Å²) >= 11 is 5.79. The number of carbonyl (C=O) groups excluding carboxylic acids is 1. The molecule has 0 spiro atoms. The molecule has 0 saturated heterocycles. The fourth-order valence-corrected chi connectivity index (χ4v) is 2.07. The summed E-state index contributed by atoms with van der Waals surface area (Å²) < 4.78 is 38.1. The van der Waals surface area contributed by atoms with Crippen LogP contribution in [0.1, 0.15) is 5.56 Å². The highest BCUT2D eigenvalue weighted by molar-refractivity contribution is 6.33. The van der Waals surface area contributed by atoms with Gasteiger partial charge < -0.3 is 10.6 Å². The molecule has 2 aromatic rings. The van der Waals surface area contributed by atoms with E-state index in [1.54, 1.807) is 0 Å². The van der Waals surface area contributed by atoms with Gasteiger partial charge in [0.1, 0.15) is 0 Å². The molecule has 0 unspecified atom stereocenters. The maximum absolute atomic E-state index is 12.7. The molecule has 2 rings (SSSR count). The summed E-state index contributed by atoms with van der Waals surface area (Å²) in [5.41, 5.74) is -0.966. The topological polar surface area (TPSA) is 84.3 Å². The predicted octanol–water partition coefficient (Wildman–Crippen LogP) is 4.32. The van der Waals surface area contributed by atoms with Gasteiger partial charge in [0.2, 0.25) is 5.91 Å². The lowest BCUT2D eigenvalue weighted by molar-refractivity contribution is -0.384. The van der Waals surface area contributed by atoms with E-state index in [-0.39, 0.29) is 22.9 Å². The van der Waals surface area contributed by atoms with Gasteiger partial charge in [-0.15, -0.1) is 0 Å². The Morgan fingerprint density at radius 1 is 1.20 bits per heavy atom. The average molecular weight is 374 g/mol. The highest BCUT2D eigenvalue weighted by Gasteiger charge is 2.31. The summed E-state index contributed by atoms with van der Waals surface area (Å²) in [7, 11) is 0. The van der Waals surface area contributed by atoms with E-state index < -0.39 is 22.6 Å². The molecule has 132 valence electrons. The van der Waals surface area contributed by atoms with E-state index >= 15 is 0 Å². The maximum atomic E-state index is 12.7. The first kappa shape index (κ1) is 18.5. The quantitative estimate of drug-likeness (QED) is 0.604. The first-order valence-electron chi connectivity index (χ1n) is 6.82. The van der Waals surface area contributed by atoms with Gasteiger partial charge in [-0.05, 0) is 24.3 Å². The van der Waals surface area contributed by atoms with Crippen LogP contribution in [0.5, 0.6) is 0 Å². The summed E-state index contributed by atoms with van der Waals surface area (Å²) in [4.78, 5) is 22.0. The molecule has 1 amide bonds. The summed E-state index contributed by atoms with van der Waals surface area (Å²) in [6.45, 7) is -0.312. The number of hydrogen-bond donors (Lipinski definition) is 2. The van der Waals surface area contributed by atoms with Crippen molar-refractivity contribution in [2.45, 2.75) is 6.18 Å². The standard InChI is InChI=1S/C15H11ClF3N3O3/c16-12-5-4-9(15(17,18)19)6-13(12)21-14(23)8-20-10-2-1-3-11(7-10)22(24)25/h1-7,20H,8H2,(H,21,23). The number of alkyl halides is 3. The minimum atomic E-state index is -4.56. The Bertz CT molecular complexity index is 812. The lowest BCUT2D eigenvalue weighted by atomic mass is 10.2. The van der Waals surface area contributed by atoms with Crippen LogP contribution in [0.2, 0.25) is 5.02 Å². The molecule has 25 heavy (non-hydrogen) atoms. The number of non-ortho nitro benzene ring substituents is 1. The summed E-state index contributed by atoms with van der Waals surface area (Å²) in [6.07, 6.45) is -4.56. The molecule has 0 radical (unpaired) electrons. The van der Waals surface area contributed by atoms with Crippen LogP contribution in [-0.4, -0.2) is 17.4 Å². The molecule has 6 nitrogen and oxygen atoms in total. The smallest absolute Gasteiger partial charge is 0.376 e. The number of benzene rings is 2. The van der Waals surface area contributed by atoms with Gasteiger partial charge in [-0.2, -0.15) is 13.2 Å². The summed E-state index contributed by atoms with van der Waals surface area (Å²) in [5, 5.41) is 15.5. The molecule has 0 atom stereocenters. The van der Waals surface area contributed by atoms with Crippen molar-refractivity contribution in [1.82, 2.24) is 0 Å². The third-order valence-electron chi connectivity index (χ3n) is 3.08. The largest absolute Gasteiger partial charge is 0.416 e. The highest BCUT2D eigenvalue weighted by Crippen LogP contribution is 2.33. The molecule has 10 heteroatoms. The van der Waals surface area contributed by atoms with Crippen molar-refractivity contribution >= 4 is 34.6 Å². The van der Waals surface area contributed by atoms with Crippen molar-refractivity contribution in [1.29, 1.82) is 0 Å². The number of halogens is 4. The third-order valence-corrected chi connectivity index (χ3v) is 3.41. The van der Waals surface area contributed by atoms with E-state index in [9.17, 15) is 28.1 Å². The fraction of sp³-hybridized carbons (Fsp3) is 0.133. The minimum Gasteiger partial charge on any atom is -0.376 e. The highest BCUT2D eigenvalue weighted by atomic mass is 35.5. The Kier molecular flexibility index (Phi) is 5.48. The number of nitro benzene ring substituents is 1. The molecule has 0 heterocycles. The van der Waals surface area contributed by atoms with E-state index in [0.29, 0.717) is 5.69 Å². The zero-order valence-electron chi connectivity index (χ0n) is 12.4. The van der Waals surface area contributed by atoms with E-state index in [4.69, 9.17) is 11.6 Å². The predicted molar refractivity (Wildman–Crippen MR) is 86.7 cm³/mol. The Labute approximate surface area is 144 Å². The Morgan fingerprint density at radius 3 is 2.56 bits per heavy atom.